The number of benzene rings is 1. The average molecular weight is 419 g/mol. The number of ether oxygens (including phenoxy) is 1. The van der Waals surface area contributed by atoms with Crippen molar-refractivity contribution in [2.75, 3.05) is 6.61 Å². The van der Waals surface area contributed by atoms with Crippen molar-refractivity contribution in [2.24, 2.45) is 0 Å². The van der Waals surface area contributed by atoms with E-state index in [0.717, 1.165) is 16.8 Å². The molecule has 0 aliphatic carbocycles. The molecule has 0 aliphatic rings. The van der Waals surface area contributed by atoms with Gasteiger partial charge in [-0.1, -0.05) is 23.8 Å². The predicted molar refractivity (Wildman–Crippen MR) is 103 cm³/mol. The SMILES string of the molecule is Cc1ccc(-n2nc(C)c(C(=O)NCc3cccnc3OCC(F)(F)F)n2)c(C)c1. The number of aromatic nitrogens is 4. The minimum absolute atomic E-state index is 0.0737. The fourth-order valence-electron chi connectivity index (χ4n) is 2.82. The van der Waals surface area contributed by atoms with Crippen LogP contribution in [0.3, 0.4) is 0 Å². The van der Waals surface area contributed by atoms with Crippen molar-refractivity contribution in [3.05, 3.63) is 64.6 Å². The second kappa shape index (κ2) is 8.52. The summed E-state index contributed by atoms with van der Waals surface area (Å²) in [6.07, 6.45) is -3.17. The summed E-state index contributed by atoms with van der Waals surface area (Å²) in [4.78, 5) is 17.8. The lowest BCUT2D eigenvalue weighted by Crippen LogP contribution is -2.25. The molecule has 0 radical (unpaired) electrons. The van der Waals surface area contributed by atoms with Crippen LogP contribution in [-0.4, -0.2) is 38.7 Å². The lowest BCUT2D eigenvalue weighted by molar-refractivity contribution is -0.154. The van der Waals surface area contributed by atoms with Gasteiger partial charge in [0.1, 0.15) is 0 Å². The van der Waals surface area contributed by atoms with Gasteiger partial charge < -0.3 is 10.1 Å². The van der Waals surface area contributed by atoms with Crippen molar-refractivity contribution in [1.82, 2.24) is 25.3 Å². The predicted octanol–water partition coefficient (Wildman–Crippen LogP) is 3.46. The van der Waals surface area contributed by atoms with E-state index in [1.807, 2.05) is 32.0 Å². The maximum Gasteiger partial charge on any atom is 0.422 e. The number of carbonyl (C=O) groups excluding carboxylic acids is 1. The molecule has 158 valence electrons. The Bertz CT molecular complexity index is 1060. The highest BCUT2D eigenvalue weighted by Gasteiger charge is 2.29. The second-order valence-electron chi connectivity index (χ2n) is 6.77. The van der Waals surface area contributed by atoms with Crippen LogP contribution in [0.4, 0.5) is 13.2 Å². The molecule has 1 N–H and O–H groups in total. The number of hydrogen-bond acceptors (Lipinski definition) is 5. The minimum Gasteiger partial charge on any atom is -0.468 e. The van der Waals surface area contributed by atoms with E-state index in [2.05, 4.69) is 20.5 Å². The number of nitrogens with one attached hydrogen (secondary N) is 1. The summed E-state index contributed by atoms with van der Waals surface area (Å²) >= 11 is 0. The smallest absolute Gasteiger partial charge is 0.422 e. The molecule has 0 bridgehead atoms. The van der Waals surface area contributed by atoms with Crippen LogP contribution in [0.2, 0.25) is 0 Å². The van der Waals surface area contributed by atoms with Crippen molar-refractivity contribution in [2.45, 2.75) is 33.5 Å². The molecule has 2 heterocycles. The number of rotatable bonds is 6. The number of amides is 1. The van der Waals surface area contributed by atoms with Crippen molar-refractivity contribution in [3.63, 3.8) is 0 Å². The van der Waals surface area contributed by atoms with Gasteiger partial charge in [-0.3, -0.25) is 4.79 Å². The van der Waals surface area contributed by atoms with Crippen LogP contribution in [0.25, 0.3) is 5.69 Å². The summed E-state index contributed by atoms with van der Waals surface area (Å²) < 4.78 is 41.9. The molecule has 0 saturated heterocycles. The molecule has 1 aromatic carbocycles. The first-order chi connectivity index (χ1) is 14.1. The molecule has 0 atom stereocenters. The highest BCUT2D eigenvalue weighted by Crippen LogP contribution is 2.20. The standard InChI is InChI=1S/C20H20F3N5O2/c1-12-6-7-16(13(2)9-12)28-26-14(3)17(27-28)18(29)25-10-15-5-4-8-24-19(15)30-11-20(21,22)23/h4-9H,10-11H2,1-3H3,(H,25,29). The van der Waals surface area contributed by atoms with Crippen molar-refractivity contribution in [3.8, 4) is 11.6 Å². The van der Waals surface area contributed by atoms with Gasteiger partial charge >= 0.3 is 6.18 Å². The first-order valence-electron chi connectivity index (χ1n) is 9.07. The average Bonchev–Trinajstić information content (AvgIpc) is 3.06. The zero-order valence-electron chi connectivity index (χ0n) is 16.6. The summed E-state index contributed by atoms with van der Waals surface area (Å²) in [5, 5.41) is 11.2. The van der Waals surface area contributed by atoms with Crippen LogP contribution in [-0.2, 0) is 6.54 Å². The van der Waals surface area contributed by atoms with Gasteiger partial charge in [-0.15, -0.1) is 5.10 Å². The normalized spacial score (nSPS) is 11.4. The van der Waals surface area contributed by atoms with E-state index in [4.69, 9.17) is 4.74 Å². The van der Waals surface area contributed by atoms with E-state index in [1.54, 1.807) is 13.0 Å². The third-order valence-corrected chi connectivity index (χ3v) is 4.23. The van der Waals surface area contributed by atoms with Crippen molar-refractivity contribution in [1.29, 1.82) is 0 Å². The summed E-state index contributed by atoms with van der Waals surface area (Å²) in [5.74, 6) is -0.695. The molecule has 3 aromatic rings. The van der Waals surface area contributed by atoms with Gasteiger partial charge in [0.15, 0.2) is 12.3 Å². The fraction of sp³-hybridized carbons (Fsp3) is 0.300. The molecule has 0 saturated carbocycles. The van der Waals surface area contributed by atoms with Crippen LogP contribution >= 0.6 is 0 Å². The number of halogens is 3. The Morgan fingerprint density at radius 3 is 2.63 bits per heavy atom. The molecule has 7 nitrogen and oxygen atoms in total. The molecular formula is C20H20F3N5O2. The van der Waals surface area contributed by atoms with E-state index in [-0.39, 0.29) is 18.1 Å². The van der Waals surface area contributed by atoms with Gasteiger partial charge in [0.25, 0.3) is 5.91 Å². The Balaban J connectivity index is 1.73. The lowest BCUT2D eigenvalue weighted by Gasteiger charge is -2.12. The summed E-state index contributed by atoms with van der Waals surface area (Å²) in [6.45, 7) is 4.02. The van der Waals surface area contributed by atoms with Gasteiger partial charge in [-0.25, -0.2) is 4.98 Å². The number of nitrogens with zero attached hydrogens (tertiary/aromatic N) is 4. The molecule has 2 aromatic heterocycles. The summed E-state index contributed by atoms with van der Waals surface area (Å²) in [5.41, 5.74) is 3.66. The quantitative estimate of drug-likeness (QED) is 0.662. The van der Waals surface area contributed by atoms with E-state index >= 15 is 0 Å². The number of pyridine rings is 1. The van der Waals surface area contributed by atoms with Crippen LogP contribution < -0.4 is 10.1 Å². The van der Waals surface area contributed by atoms with Crippen LogP contribution in [0.5, 0.6) is 5.88 Å². The number of alkyl halides is 3. The Labute approximate surface area is 170 Å². The first kappa shape index (κ1) is 21.3. The van der Waals surface area contributed by atoms with E-state index in [9.17, 15) is 18.0 Å². The highest BCUT2D eigenvalue weighted by molar-refractivity contribution is 5.93. The van der Waals surface area contributed by atoms with Gasteiger partial charge in [0, 0.05) is 18.3 Å². The fourth-order valence-corrected chi connectivity index (χ4v) is 2.82. The topological polar surface area (TPSA) is 81.9 Å². The molecule has 10 heteroatoms. The Kier molecular flexibility index (Phi) is 6.04. The summed E-state index contributed by atoms with van der Waals surface area (Å²) in [6, 6.07) is 8.85. The number of hydrogen-bond donors (Lipinski definition) is 1. The molecule has 30 heavy (non-hydrogen) atoms. The van der Waals surface area contributed by atoms with E-state index in [1.165, 1.54) is 17.1 Å². The third-order valence-electron chi connectivity index (χ3n) is 4.23. The molecule has 1 amide bonds. The molecule has 0 unspecified atom stereocenters. The molecule has 0 fully saturated rings. The summed E-state index contributed by atoms with van der Waals surface area (Å²) in [7, 11) is 0. The minimum atomic E-state index is -4.48. The molecule has 3 rings (SSSR count). The number of carbonyl (C=O) groups is 1. The Morgan fingerprint density at radius 1 is 1.17 bits per heavy atom. The highest BCUT2D eigenvalue weighted by atomic mass is 19.4. The third kappa shape index (κ3) is 5.13. The lowest BCUT2D eigenvalue weighted by atomic mass is 10.1. The number of aryl methyl sites for hydroxylation is 3. The second-order valence-corrected chi connectivity index (χ2v) is 6.77. The Hall–Kier alpha value is -3.43. The van der Waals surface area contributed by atoms with Crippen LogP contribution in [0, 0.1) is 20.8 Å². The first-order valence-corrected chi connectivity index (χ1v) is 9.07. The molecular weight excluding hydrogens is 399 g/mol. The molecule has 0 spiro atoms. The van der Waals surface area contributed by atoms with Gasteiger partial charge in [-0.05, 0) is 38.5 Å². The van der Waals surface area contributed by atoms with Crippen LogP contribution in [0.15, 0.2) is 36.5 Å². The largest absolute Gasteiger partial charge is 0.468 e. The maximum absolute atomic E-state index is 12.6. The van der Waals surface area contributed by atoms with Crippen molar-refractivity contribution < 1.29 is 22.7 Å². The van der Waals surface area contributed by atoms with E-state index < -0.39 is 18.7 Å². The van der Waals surface area contributed by atoms with Gasteiger partial charge in [-0.2, -0.15) is 23.1 Å². The zero-order valence-corrected chi connectivity index (χ0v) is 16.6. The van der Waals surface area contributed by atoms with Crippen molar-refractivity contribution >= 4 is 5.91 Å². The molecule has 0 aliphatic heterocycles. The monoisotopic (exact) mass is 419 g/mol. The zero-order chi connectivity index (χ0) is 21.9. The van der Waals surface area contributed by atoms with E-state index in [0.29, 0.717) is 11.3 Å². The van der Waals surface area contributed by atoms with Gasteiger partial charge in [0.2, 0.25) is 5.88 Å². The Morgan fingerprint density at radius 2 is 1.93 bits per heavy atom. The van der Waals surface area contributed by atoms with Crippen LogP contribution in [0.1, 0.15) is 32.9 Å². The van der Waals surface area contributed by atoms with Gasteiger partial charge in [0.05, 0.1) is 11.4 Å². The maximum atomic E-state index is 12.6.